The number of aromatic carboxylic acids is 1. The van der Waals surface area contributed by atoms with Gasteiger partial charge in [-0.05, 0) is 19.8 Å². The molecule has 0 bridgehead atoms. The molecule has 2 rings (SSSR count). The Bertz CT molecular complexity index is 538. The Balaban J connectivity index is 2.76. The number of rotatable bonds is 3. The number of carbonyl (C=O) groups is 1. The molecule has 1 aliphatic carbocycles. The molecule has 0 aliphatic heterocycles. The van der Waals surface area contributed by atoms with E-state index in [0.717, 1.165) is 0 Å². The standard InChI is InChI=1S/C12H11F4NO2/c1-4(17)12(2-3-12)6-9(15)7(13)5(11(18)19)8(14)10(6)16/h4H,2-3,17H2,1H3,(H,18,19). The van der Waals surface area contributed by atoms with Gasteiger partial charge in [0.15, 0.2) is 23.3 Å². The minimum atomic E-state index is -2.06. The van der Waals surface area contributed by atoms with Crippen LogP contribution in [0.4, 0.5) is 17.6 Å². The van der Waals surface area contributed by atoms with E-state index in [4.69, 9.17) is 10.8 Å². The van der Waals surface area contributed by atoms with Gasteiger partial charge < -0.3 is 10.8 Å². The molecule has 0 amide bonds. The van der Waals surface area contributed by atoms with Crippen molar-refractivity contribution in [2.24, 2.45) is 5.73 Å². The minimum absolute atomic E-state index is 0.295. The number of halogens is 4. The van der Waals surface area contributed by atoms with Gasteiger partial charge in [-0.3, -0.25) is 0 Å². The Kier molecular flexibility index (Phi) is 3.04. The summed E-state index contributed by atoms with van der Waals surface area (Å²) in [6.45, 7) is 1.48. The lowest BCUT2D eigenvalue weighted by Gasteiger charge is -2.22. The van der Waals surface area contributed by atoms with Gasteiger partial charge in [-0.2, -0.15) is 0 Å². The Morgan fingerprint density at radius 1 is 1.16 bits per heavy atom. The number of benzene rings is 1. The van der Waals surface area contributed by atoms with Crippen molar-refractivity contribution in [3.63, 3.8) is 0 Å². The molecule has 0 aromatic heterocycles. The predicted molar refractivity (Wildman–Crippen MR) is 57.8 cm³/mol. The van der Waals surface area contributed by atoms with Gasteiger partial charge in [-0.25, -0.2) is 22.4 Å². The third-order valence-corrected chi connectivity index (χ3v) is 3.64. The fraction of sp³-hybridized carbons (Fsp3) is 0.417. The third kappa shape index (κ3) is 1.80. The first kappa shape index (κ1) is 13.8. The van der Waals surface area contributed by atoms with Gasteiger partial charge in [0.05, 0.1) is 0 Å². The van der Waals surface area contributed by atoms with Crippen LogP contribution >= 0.6 is 0 Å². The van der Waals surface area contributed by atoms with E-state index in [1.165, 1.54) is 6.92 Å². The zero-order valence-corrected chi connectivity index (χ0v) is 9.94. The highest BCUT2D eigenvalue weighted by atomic mass is 19.2. The van der Waals surface area contributed by atoms with E-state index in [9.17, 15) is 22.4 Å². The van der Waals surface area contributed by atoms with Crippen LogP contribution in [0.3, 0.4) is 0 Å². The molecule has 3 nitrogen and oxygen atoms in total. The molecule has 0 heterocycles. The van der Waals surface area contributed by atoms with Crippen LogP contribution in [0.15, 0.2) is 0 Å². The first-order valence-corrected chi connectivity index (χ1v) is 5.59. The smallest absolute Gasteiger partial charge is 0.341 e. The molecule has 1 atom stereocenters. The minimum Gasteiger partial charge on any atom is -0.477 e. The van der Waals surface area contributed by atoms with E-state index in [2.05, 4.69) is 0 Å². The van der Waals surface area contributed by atoms with Crippen LogP contribution in [0.2, 0.25) is 0 Å². The summed E-state index contributed by atoms with van der Waals surface area (Å²) in [5, 5.41) is 8.58. The molecular formula is C12H11F4NO2. The lowest BCUT2D eigenvalue weighted by molar-refractivity contribution is 0.0683. The lowest BCUT2D eigenvalue weighted by atomic mass is 9.87. The van der Waals surface area contributed by atoms with Crippen LogP contribution in [-0.4, -0.2) is 17.1 Å². The van der Waals surface area contributed by atoms with Crippen LogP contribution in [0, 0.1) is 23.3 Å². The predicted octanol–water partition coefficient (Wildman–Crippen LogP) is 2.32. The molecule has 1 aromatic carbocycles. The van der Waals surface area contributed by atoms with Gasteiger partial charge in [0.2, 0.25) is 0 Å². The first-order chi connectivity index (χ1) is 8.74. The fourth-order valence-electron chi connectivity index (χ4n) is 2.32. The Labute approximate surface area is 106 Å². The van der Waals surface area contributed by atoms with Crippen molar-refractivity contribution in [2.75, 3.05) is 0 Å². The van der Waals surface area contributed by atoms with E-state index >= 15 is 0 Å². The van der Waals surface area contributed by atoms with Crippen molar-refractivity contribution >= 4 is 5.97 Å². The summed E-state index contributed by atoms with van der Waals surface area (Å²) in [6, 6.07) is -0.703. The van der Waals surface area contributed by atoms with Gasteiger partial charge >= 0.3 is 5.97 Å². The van der Waals surface area contributed by atoms with Crippen LogP contribution in [0.25, 0.3) is 0 Å². The highest BCUT2D eigenvalue weighted by Gasteiger charge is 2.52. The quantitative estimate of drug-likeness (QED) is 0.658. The summed E-state index contributed by atoms with van der Waals surface area (Å²) < 4.78 is 54.9. The summed E-state index contributed by atoms with van der Waals surface area (Å²) in [7, 11) is 0. The second kappa shape index (κ2) is 4.19. The molecule has 3 N–H and O–H groups in total. The van der Waals surface area contributed by atoms with Crippen molar-refractivity contribution in [1.82, 2.24) is 0 Å². The van der Waals surface area contributed by atoms with Crippen molar-refractivity contribution in [3.05, 3.63) is 34.4 Å². The van der Waals surface area contributed by atoms with E-state index in [0.29, 0.717) is 12.8 Å². The zero-order chi connectivity index (χ0) is 14.5. The number of hydrogen-bond acceptors (Lipinski definition) is 2. The molecule has 1 saturated carbocycles. The van der Waals surface area contributed by atoms with E-state index in [1.54, 1.807) is 0 Å². The highest BCUT2D eigenvalue weighted by Crippen LogP contribution is 2.52. The first-order valence-electron chi connectivity index (χ1n) is 5.59. The van der Waals surface area contributed by atoms with Crippen LogP contribution in [0.5, 0.6) is 0 Å². The average molecular weight is 277 g/mol. The molecule has 104 valence electrons. The molecule has 0 radical (unpaired) electrons. The SMILES string of the molecule is CC(N)C1(c2c(F)c(F)c(C(=O)O)c(F)c2F)CC1. The van der Waals surface area contributed by atoms with Gasteiger partial charge in [0, 0.05) is 17.0 Å². The molecule has 19 heavy (non-hydrogen) atoms. The Morgan fingerprint density at radius 2 is 1.58 bits per heavy atom. The average Bonchev–Trinajstić information content (AvgIpc) is 3.08. The second-order valence-electron chi connectivity index (χ2n) is 4.76. The summed E-state index contributed by atoms with van der Waals surface area (Å²) in [5.74, 6) is -9.20. The van der Waals surface area contributed by atoms with E-state index in [1.807, 2.05) is 0 Å². The maximum absolute atomic E-state index is 13.9. The Morgan fingerprint density at radius 3 is 1.84 bits per heavy atom. The number of nitrogens with two attached hydrogens (primary N) is 1. The summed E-state index contributed by atoms with van der Waals surface area (Å²) in [5.41, 5.74) is 2.03. The molecule has 0 saturated heterocycles. The summed E-state index contributed by atoms with van der Waals surface area (Å²) in [4.78, 5) is 10.6. The Hall–Kier alpha value is -1.63. The number of carboxylic acid groups (broad SMARTS) is 1. The van der Waals surface area contributed by atoms with Crippen molar-refractivity contribution in [1.29, 1.82) is 0 Å². The fourth-order valence-corrected chi connectivity index (χ4v) is 2.32. The zero-order valence-electron chi connectivity index (χ0n) is 9.94. The topological polar surface area (TPSA) is 63.3 Å². The van der Waals surface area contributed by atoms with Gasteiger partial charge in [-0.1, -0.05) is 0 Å². The molecule has 0 spiro atoms. The largest absolute Gasteiger partial charge is 0.477 e. The lowest BCUT2D eigenvalue weighted by Crippen LogP contribution is -2.34. The monoisotopic (exact) mass is 277 g/mol. The second-order valence-corrected chi connectivity index (χ2v) is 4.76. The molecule has 1 aromatic rings. The number of hydrogen-bond donors (Lipinski definition) is 2. The van der Waals surface area contributed by atoms with Crippen LogP contribution in [0.1, 0.15) is 35.7 Å². The van der Waals surface area contributed by atoms with Gasteiger partial charge in [0.1, 0.15) is 5.56 Å². The van der Waals surface area contributed by atoms with Crippen LogP contribution in [-0.2, 0) is 5.41 Å². The molecule has 1 aliphatic rings. The van der Waals surface area contributed by atoms with Crippen molar-refractivity contribution < 1.29 is 27.5 Å². The molecular weight excluding hydrogens is 266 g/mol. The van der Waals surface area contributed by atoms with E-state index in [-0.39, 0.29) is 0 Å². The number of carboxylic acids is 1. The highest BCUT2D eigenvalue weighted by molar-refractivity contribution is 5.88. The summed E-state index contributed by atoms with van der Waals surface area (Å²) in [6.07, 6.45) is 0.591. The maximum Gasteiger partial charge on any atom is 0.341 e. The van der Waals surface area contributed by atoms with E-state index < -0.39 is 51.8 Å². The van der Waals surface area contributed by atoms with Gasteiger partial charge in [-0.15, -0.1) is 0 Å². The molecule has 1 unspecified atom stereocenters. The third-order valence-electron chi connectivity index (χ3n) is 3.64. The van der Waals surface area contributed by atoms with Crippen molar-refractivity contribution in [3.8, 4) is 0 Å². The normalized spacial score (nSPS) is 18.2. The van der Waals surface area contributed by atoms with Crippen LogP contribution < -0.4 is 5.73 Å². The molecule has 1 fully saturated rings. The van der Waals surface area contributed by atoms with Crippen molar-refractivity contribution in [2.45, 2.75) is 31.2 Å². The molecule has 7 heteroatoms. The van der Waals surface area contributed by atoms with Gasteiger partial charge in [0.25, 0.3) is 0 Å². The maximum atomic E-state index is 13.9. The summed E-state index contributed by atoms with van der Waals surface area (Å²) >= 11 is 0.